The number of anilines is 2. The van der Waals surface area contributed by atoms with Crippen LogP contribution in [-0.4, -0.2) is 23.6 Å². The first-order valence-corrected chi connectivity index (χ1v) is 8.03. The molecule has 0 radical (unpaired) electrons. The Kier molecular flexibility index (Phi) is 6.20. The molecule has 0 amide bonds. The summed E-state index contributed by atoms with van der Waals surface area (Å²) in [5.74, 6) is 4.01. The molecule has 1 aromatic carbocycles. The Bertz CT molecular complexity index is 611. The first-order chi connectivity index (χ1) is 11.1. The van der Waals surface area contributed by atoms with E-state index in [0.717, 1.165) is 36.2 Å². The van der Waals surface area contributed by atoms with Crippen molar-refractivity contribution in [2.24, 2.45) is 5.92 Å². The highest BCUT2D eigenvalue weighted by Crippen LogP contribution is 2.15. The zero-order chi connectivity index (χ0) is 16.7. The summed E-state index contributed by atoms with van der Waals surface area (Å²) < 4.78 is 5.17. The zero-order valence-corrected chi connectivity index (χ0v) is 14.4. The summed E-state index contributed by atoms with van der Waals surface area (Å²) in [5.41, 5.74) is 1.18. The highest BCUT2D eigenvalue weighted by molar-refractivity contribution is 5.48. The van der Waals surface area contributed by atoms with Gasteiger partial charge in [-0.3, -0.25) is 0 Å². The fourth-order valence-electron chi connectivity index (χ4n) is 2.17. The summed E-state index contributed by atoms with van der Waals surface area (Å²) in [6.07, 6.45) is 1.12. The second-order valence-electron chi connectivity index (χ2n) is 6.00. The molecule has 23 heavy (non-hydrogen) atoms. The van der Waals surface area contributed by atoms with Gasteiger partial charge < -0.3 is 15.4 Å². The largest absolute Gasteiger partial charge is 0.497 e. The summed E-state index contributed by atoms with van der Waals surface area (Å²) in [5, 5.41) is 6.71. The summed E-state index contributed by atoms with van der Waals surface area (Å²) in [6, 6.07) is 9.96. The van der Waals surface area contributed by atoms with Crippen LogP contribution in [0.5, 0.6) is 5.75 Å². The fourth-order valence-corrected chi connectivity index (χ4v) is 2.17. The maximum absolute atomic E-state index is 5.17. The van der Waals surface area contributed by atoms with Gasteiger partial charge in [0.05, 0.1) is 7.11 Å². The lowest BCUT2D eigenvalue weighted by Crippen LogP contribution is -2.09. The lowest BCUT2D eigenvalue weighted by molar-refractivity contribution is 0.414. The summed E-state index contributed by atoms with van der Waals surface area (Å²) in [6.45, 7) is 7.98. The second-order valence-corrected chi connectivity index (χ2v) is 6.00. The molecule has 1 aromatic heterocycles. The lowest BCUT2D eigenvalue weighted by atomic mass is 10.1. The quantitative estimate of drug-likeness (QED) is 0.774. The predicted molar refractivity (Wildman–Crippen MR) is 95.0 cm³/mol. The van der Waals surface area contributed by atoms with E-state index in [-0.39, 0.29) is 0 Å². The Balaban J connectivity index is 1.94. The molecule has 0 aliphatic carbocycles. The molecular formula is C18H26N4O. The van der Waals surface area contributed by atoms with E-state index in [2.05, 4.69) is 34.4 Å². The number of benzene rings is 1. The Labute approximate surface area is 138 Å². The van der Waals surface area contributed by atoms with Crippen LogP contribution in [0.25, 0.3) is 0 Å². The molecule has 0 aliphatic rings. The number of methoxy groups -OCH3 is 1. The minimum absolute atomic E-state index is 0.679. The van der Waals surface area contributed by atoms with E-state index in [0.29, 0.717) is 12.5 Å². The highest BCUT2D eigenvalue weighted by atomic mass is 16.5. The van der Waals surface area contributed by atoms with Crippen LogP contribution in [0.2, 0.25) is 0 Å². The van der Waals surface area contributed by atoms with Crippen molar-refractivity contribution in [2.75, 3.05) is 24.3 Å². The third-order valence-electron chi connectivity index (χ3n) is 3.50. The Hall–Kier alpha value is -2.30. The molecular weight excluding hydrogens is 288 g/mol. The smallest absolute Gasteiger partial charge is 0.132 e. The number of rotatable bonds is 8. The third-order valence-corrected chi connectivity index (χ3v) is 3.50. The minimum atomic E-state index is 0.679. The average Bonchev–Trinajstić information content (AvgIpc) is 2.52. The Morgan fingerprint density at radius 3 is 2.30 bits per heavy atom. The van der Waals surface area contributed by atoms with Crippen molar-refractivity contribution < 1.29 is 4.74 Å². The van der Waals surface area contributed by atoms with Gasteiger partial charge in [0.2, 0.25) is 0 Å². The van der Waals surface area contributed by atoms with Crippen molar-refractivity contribution in [2.45, 2.75) is 33.7 Å². The van der Waals surface area contributed by atoms with Gasteiger partial charge in [0.1, 0.15) is 23.2 Å². The standard InChI is InChI=1S/C18H26N4O/c1-13(2)9-10-19-17-11-18(22-14(3)21-17)20-12-15-5-7-16(23-4)8-6-15/h5-8,11,13H,9-10,12H2,1-4H3,(H2,19,20,21,22). The summed E-state index contributed by atoms with van der Waals surface area (Å²) in [4.78, 5) is 8.87. The lowest BCUT2D eigenvalue weighted by Gasteiger charge is -2.11. The van der Waals surface area contributed by atoms with Gasteiger partial charge in [0, 0.05) is 19.2 Å². The van der Waals surface area contributed by atoms with Gasteiger partial charge >= 0.3 is 0 Å². The SMILES string of the molecule is COc1ccc(CNc2cc(NCCC(C)C)nc(C)n2)cc1. The van der Waals surface area contributed by atoms with Gasteiger partial charge in [-0.15, -0.1) is 0 Å². The molecule has 2 N–H and O–H groups in total. The predicted octanol–water partition coefficient (Wildman–Crippen LogP) is 3.86. The van der Waals surface area contributed by atoms with Gasteiger partial charge in [0.15, 0.2) is 0 Å². The van der Waals surface area contributed by atoms with Crippen LogP contribution in [0.15, 0.2) is 30.3 Å². The van der Waals surface area contributed by atoms with E-state index in [1.54, 1.807) is 7.11 Å². The Morgan fingerprint density at radius 1 is 1.04 bits per heavy atom. The van der Waals surface area contributed by atoms with E-state index < -0.39 is 0 Å². The maximum Gasteiger partial charge on any atom is 0.132 e. The number of ether oxygens (including phenoxy) is 1. The van der Waals surface area contributed by atoms with Gasteiger partial charge in [0.25, 0.3) is 0 Å². The molecule has 0 spiro atoms. The zero-order valence-electron chi connectivity index (χ0n) is 14.4. The normalized spacial score (nSPS) is 10.7. The van der Waals surface area contributed by atoms with E-state index in [4.69, 9.17) is 4.74 Å². The van der Waals surface area contributed by atoms with Gasteiger partial charge in [-0.25, -0.2) is 9.97 Å². The first kappa shape index (κ1) is 17.1. The molecule has 5 heteroatoms. The van der Waals surface area contributed by atoms with Crippen LogP contribution >= 0.6 is 0 Å². The van der Waals surface area contributed by atoms with Crippen LogP contribution in [0.1, 0.15) is 31.7 Å². The monoisotopic (exact) mass is 314 g/mol. The summed E-state index contributed by atoms with van der Waals surface area (Å²) >= 11 is 0. The highest BCUT2D eigenvalue weighted by Gasteiger charge is 2.03. The summed E-state index contributed by atoms with van der Waals surface area (Å²) in [7, 11) is 1.67. The molecule has 1 heterocycles. The van der Waals surface area contributed by atoms with Gasteiger partial charge in [-0.05, 0) is 37.0 Å². The van der Waals surface area contributed by atoms with Gasteiger partial charge in [-0.2, -0.15) is 0 Å². The molecule has 0 bridgehead atoms. The number of nitrogens with zero attached hydrogens (tertiary/aromatic N) is 2. The number of nitrogens with one attached hydrogen (secondary N) is 2. The number of hydrogen-bond donors (Lipinski definition) is 2. The van der Waals surface area contributed by atoms with E-state index in [1.807, 2.05) is 37.3 Å². The number of aromatic nitrogens is 2. The molecule has 0 saturated carbocycles. The number of hydrogen-bond acceptors (Lipinski definition) is 5. The fraction of sp³-hybridized carbons (Fsp3) is 0.444. The Morgan fingerprint density at radius 2 is 1.70 bits per heavy atom. The van der Waals surface area contributed by atoms with E-state index >= 15 is 0 Å². The third kappa shape index (κ3) is 5.77. The van der Waals surface area contributed by atoms with Crippen molar-refractivity contribution in [3.63, 3.8) is 0 Å². The van der Waals surface area contributed by atoms with Crippen LogP contribution in [-0.2, 0) is 6.54 Å². The second kappa shape index (κ2) is 8.36. The van der Waals surface area contributed by atoms with E-state index in [1.165, 1.54) is 5.56 Å². The maximum atomic E-state index is 5.17. The molecule has 0 atom stereocenters. The van der Waals surface area contributed by atoms with Gasteiger partial charge in [-0.1, -0.05) is 26.0 Å². The van der Waals surface area contributed by atoms with Crippen LogP contribution in [0.3, 0.4) is 0 Å². The van der Waals surface area contributed by atoms with Crippen molar-refractivity contribution in [1.29, 1.82) is 0 Å². The first-order valence-electron chi connectivity index (χ1n) is 8.03. The van der Waals surface area contributed by atoms with Crippen molar-refractivity contribution in [3.05, 3.63) is 41.7 Å². The van der Waals surface area contributed by atoms with Crippen molar-refractivity contribution >= 4 is 11.6 Å². The molecule has 2 aromatic rings. The molecule has 0 aliphatic heterocycles. The average molecular weight is 314 g/mol. The molecule has 0 fully saturated rings. The minimum Gasteiger partial charge on any atom is -0.497 e. The topological polar surface area (TPSA) is 59.1 Å². The van der Waals surface area contributed by atoms with E-state index in [9.17, 15) is 0 Å². The molecule has 5 nitrogen and oxygen atoms in total. The van der Waals surface area contributed by atoms with Crippen molar-refractivity contribution in [1.82, 2.24) is 9.97 Å². The molecule has 124 valence electrons. The molecule has 0 saturated heterocycles. The van der Waals surface area contributed by atoms with Crippen LogP contribution < -0.4 is 15.4 Å². The van der Waals surface area contributed by atoms with Crippen LogP contribution in [0.4, 0.5) is 11.6 Å². The molecule has 0 unspecified atom stereocenters. The van der Waals surface area contributed by atoms with Crippen molar-refractivity contribution in [3.8, 4) is 5.75 Å². The number of aryl methyl sites for hydroxylation is 1. The van der Waals surface area contributed by atoms with Crippen LogP contribution in [0, 0.1) is 12.8 Å². The molecule has 2 rings (SSSR count).